The second-order valence-electron chi connectivity index (χ2n) is 6.04. The summed E-state index contributed by atoms with van der Waals surface area (Å²) >= 11 is 0. The maximum atomic E-state index is 11.7. The molecule has 6 nitrogen and oxygen atoms in total. The minimum absolute atomic E-state index is 0.0146. The van der Waals surface area contributed by atoms with Gasteiger partial charge in [-0.1, -0.05) is 6.08 Å². The third-order valence-corrected chi connectivity index (χ3v) is 3.75. The molecule has 0 saturated heterocycles. The van der Waals surface area contributed by atoms with Crippen LogP contribution in [0.4, 0.5) is 5.69 Å². The number of rotatable bonds is 4. The molecule has 22 heavy (non-hydrogen) atoms. The van der Waals surface area contributed by atoms with E-state index in [4.69, 9.17) is 0 Å². The van der Waals surface area contributed by atoms with Crippen LogP contribution in [0.2, 0.25) is 0 Å². The second kappa shape index (κ2) is 6.27. The summed E-state index contributed by atoms with van der Waals surface area (Å²) in [5.74, 6) is -0.371. The molecule has 1 aliphatic carbocycles. The summed E-state index contributed by atoms with van der Waals surface area (Å²) in [4.78, 5) is 22.0. The van der Waals surface area contributed by atoms with Crippen molar-refractivity contribution in [2.75, 3.05) is 0 Å². The van der Waals surface area contributed by atoms with Gasteiger partial charge in [0.05, 0.1) is 4.92 Å². The number of carbonyl (C=O) groups excluding carboxylic acids is 1. The molecule has 1 aromatic rings. The summed E-state index contributed by atoms with van der Waals surface area (Å²) in [6.07, 6.45) is 4.30. The Morgan fingerprint density at radius 3 is 2.45 bits per heavy atom. The molecule has 1 unspecified atom stereocenters. The Balaban J connectivity index is 1.99. The van der Waals surface area contributed by atoms with Gasteiger partial charge in [0.1, 0.15) is 5.60 Å². The van der Waals surface area contributed by atoms with Crippen LogP contribution in [0.1, 0.15) is 38.7 Å². The van der Waals surface area contributed by atoms with E-state index in [1.807, 2.05) is 6.08 Å². The summed E-state index contributed by atoms with van der Waals surface area (Å²) in [6.45, 7) is 2.92. The summed E-state index contributed by atoms with van der Waals surface area (Å²) in [5, 5.41) is 23.1. The van der Waals surface area contributed by atoms with Crippen LogP contribution in [-0.2, 0) is 4.79 Å². The van der Waals surface area contributed by atoms with Gasteiger partial charge in [-0.2, -0.15) is 0 Å². The largest absolute Gasteiger partial charge is 0.381 e. The quantitative estimate of drug-likeness (QED) is 0.660. The van der Waals surface area contributed by atoms with E-state index >= 15 is 0 Å². The van der Waals surface area contributed by atoms with Gasteiger partial charge in [0.25, 0.3) is 11.6 Å². The number of carbonyl (C=O) groups is 1. The topological polar surface area (TPSA) is 92.5 Å². The minimum Gasteiger partial charge on any atom is -0.381 e. The number of nitro benzene ring substituents is 1. The third-order valence-electron chi connectivity index (χ3n) is 3.75. The van der Waals surface area contributed by atoms with E-state index in [1.54, 1.807) is 12.1 Å². The zero-order valence-electron chi connectivity index (χ0n) is 12.7. The van der Waals surface area contributed by atoms with Crippen LogP contribution in [0.3, 0.4) is 0 Å². The number of hydrogen-bond donors (Lipinski definition) is 2. The van der Waals surface area contributed by atoms with Gasteiger partial charge in [-0.05, 0) is 56.4 Å². The second-order valence-corrected chi connectivity index (χ2v) is 6.04. The highest BCUT2D eigenvalue weighted by Gasteiger charge is 2.26. The standard InChI is InChI=1S/C16H20N2O4/c1-16(2,20)15(19)17-13-7-3-11(4-8-13)12-5-9-14(10-6-12)18(21)22/h3,5-6,9-10,13,20H,4,7-8H2,1-2H3,(H,17,19). The van der Waals surface area contributed by atoms with Gasteiger partial charge in [-0.3, -0.25) is 14.9 Å². The molecule has 0 aromatic heterocycles. The predicted octanol–water partition coefficient (Wildman–Crippen LogP) is 2.42. The van der Waals surface area contributed by atoms with Gasteiger partial charge in [0.15, 0.2) is 0 Å². The van der Waals surface area contributed by atoms with Crippen LogP contribution in [0.5, 0.6) is 0 Å². The molecule has 1 aliphatic rings. The van der Waals surface area contributed by atoms with Crippen molar-refractivity contribution in [3.05, 3.63) is 46.0 Å². The first-order chi connectivity index (χ1) is 10.3. The third kappa shape index (κ3) is 3.92. The maximum Gasteiger partial charge on any atom is 0.269 e. The highest BCUT2D eigenvalue weighted by molar-refractivity contribution is 5.84. The van der Waals surface area contributed by atoms with E-state index in [1.165, 1.54) is 26.0 Å². The van der Waals surface area contributed by atoms with Crippen molar-refractivity contribution in [2.45, 2.75) is 44.8 Å². The van der Waals surface area contributed by atoms with E-state index in [2.05, 4.69) is 5.32 Å². The van der Waals surface area contributed by atoms with Crippen LogP contribution in [0, 0.1) is 10.1 Å². The van der Waals surface area contributed by atoms with E-state index in [9.17, 15) is 20.0 Å². The molecule has 0 fully saturated rings. The fraction of sp³-hybridized carbons (Fsp3) is 0.438. The average Bonchev–Trinajstić information content (AvgIpc) is 2.47. The summed E-state index contributed by atoms with van der Waals surface area (Å²) in [6, 6.07) is 6.51. The van der Waals surface area contributed by atoms with Crippen molar-refractivity contribution in [1.82, 2.24) is 5.32 Å². The SMILES string of the molecule is CC(C)(O)C(=O)NC1CC=C(c2ccc([N+](=O)[O-])cc2)CC1. The van der Waals surface area contributed by atoms with Gasteiger partial charge < -0.3 is 10.4 Å². The molecule has 2 rings (SSSR count). The number of benzene rings is 1. The molecule has 0 radical (unpaired) electrons. The molecule has 1 atom stereocenters. The molecule has 0 spiro atoms. The first-order valence-electron chi connectivity index (χ1n) is 7.24. The molecule has 1 aromatic carbocycles. The highest BCUT2D eigenvalue weighted by atomic mass is 16.6. The van der Waals surface area contributed by atoms with Crippen molar-refractivity contribution in [2.24, 2.45) is 0 Å². The Labute approximate surface area is 129 Å². The van der Waals surface area contributed by atoms with E-state index in [0.29, 0.717) is 6.42 Å². The van der Waals surface area contributed by atoms with Gasteiger partial charge in [-0.15, -0.1) is 0 Å². The summed E-state index contributed by atoms with van der Waals surface area (Å²) in [7, 11) is 0. The zero-order valence-corrected chi connectivity index (χ0v) is 12.7. The maximum absolute atomic E-state index is 11.7. The number of amides is 1. The van der Waals surface area contributed by atoms with E-state index in [-0.39, 0.29) is 17.6 Å². The molecule has 0 heterocycles. The fourth-order valence-corrected chi connectivity index (χ4v) is 2.39. The Kier molecular flexibility index (Phi) is 4.61. The molecular formula is C16H20N2O4. The molecule has 118 valence electrons. The molecular weight excluding hydrogens is 284 g/mol. The lowest BCUT2D eigenvalue weighted by Gasteiger charge is -2.26. The average molecular weight is 304 g/mol. The smallest absolute Gasteiger partial charge is 0.269 e. The number of allylic oxidation sites excluding steroid dienone is 1. The van der Waals surface area contributed by atoms with Crippen LogP contribution >= 0.6 is 0 Å². The van der Waals surface area contributed by atoms with Gasteiger partial charge in [0.2, 0.25) is 0 Å². The fourth-order valence-electron chi connectivity index (χ4n) is 2.39. The van der Waals surface area contributed by atoms with Crippen molar-refractivity contribution in [3.63, 3.8) is 0 Å². The Morgan fingerprint density at radius 2 is 2.00 bits per heavy atom. The lowest BCUT2D eigenvalue weighted by Crippen LogP contribution is -2.47. The normalized spacial score (nSPS) is 18.5. The molecule has 0 saturated carbocycles. The molecule has 2 N–H and O–H groups in total. The Hall–Kier alpha value is -2.21. The van der Waals surface area contributed by atoms with E-state index in [0.717, 1.165) is 24.0 Å². The Morgan fingerprint density at radius 1 is 1.36 bits per heavy atom. The monoisotopic (exact) mass is 304 g/mol. The number of nitrogens with zero attached hydrogens (tertiary/aromatic N) is 1. The number of non-ortho nitro benzene ring substituents is 1. The van der Waals surface area contributed by atoms with Crippen LogP contribution in [-0.4, -0.2) is 27.6 Å². The zero-order chi connectivity index (χ0) is 16.3. The number of aliphatic hydroxyl groups is 1. The highest BCUT2D eigenvalue weighted by Crippen LogP contribution is 2.28. The lowest BCUT2D eigenvalue weighted by atomic mass is 9.90. The Bertz CT molecular complexity index is 600. The molecule has 0 aliphatic heterocycles. The van der Waals surface area contributed by atoms with Crippen molar-refractivity contribution in [3.8, 4) is 0 Å². The predicted molar refractivity (Wildman–Crippen MR) is 83.2 cm³/mol. The molecule has 0 bridgehead atoms. The van der Waals surface area contributed by atoms with E-state index < -0.39 is 10.5 Å². The van der Waals surface area contributed by atoms with Gasteiger partial charge >= 0.3 is 0 Å². The van der Waals surface area contributed by atoms with Crippen LogP contribution in [0.25, 0.3) is 5.57 Å². The van der Waals surface area contributed by atoms with Gasteiger partial charge in [-0.25, -0.2) is 0 Å². The number of hydrogen-bond acceptors (Lipinski definition) is 4. The minimum atomic E-state index is -1.37. The molecule has 1 amide bonds. The number of nitrogens with one attached hydrogen (secondary N) is 1. The van der Waals surface area contributed by atoms with Gasteiger partial charge in [0, 0.05) is 18.2 Å². The first kappa shape index (κ1) is 16.2. The van der Waals surface area contributed by atoms with Crippen LogP contribution in [0.15, 0.2) is 30.3 Å². The summed E-state index contributed by atoms with van der Waals surface area (Å²) < 4.78 is 0. The molecule has 6 heteroatoms. The van der Waals surface area contributed by atoms with Crippen molar-refractivity contribution < 1.29 is 14.8 Å². The van der Waals surface area contributed by atoms with Crippen LogP contribution < -0.4 is 5.32 Å². The lowest BCUT2D eigenvalue weighted by molar-refractivity contribution is -0.384. The van der Waals surface area contributed by atoms with Crippen molar-refractivity contribution >= 4 is 17.2 Å². The van der Waals surface area contributed by atoms with Crippen molar-refractivity contribution in [1.29, 1.82) is 0 Å². The summed E-state index contributed by atoms with van der Waals surface area (Å²) in [5.41, 5.74) is 0.805. The first-order valence-corrected chi connectivity index (χ1v) is 7.24. The number of nitro groups is 1.